The lowest BCUT2D eigenvalue weighted by atomic mass is 10.1. The molecule has 0 amide bonds. The zero-order valence-electron chi connectivity index (χ0n) is 13.6. The van der Waals surface area contributed by atoms with Gasteiger partial charge >= 0.3 is 0 Å². The lowest BCUT2D eigenvalue weighted by Gasteiger charge is -2.12. The van der Waals surface area contributed by atoms with Gasteiger partial charge in [0.1, 0.15) is 5.75 Å². The van der Waals surface area contributed by atoms with Gasteiger partial charge in [0, 0.05) is 23.1 Å². The first-order valence-corrected chi connectivity index (χ1v) is 8.57. The van der Waals surface area contributed by atoms with E-state index in [1.54, 1.807) is 20.3 Å². The Morgan fingerprint density at radius 2 is 1.83 bits per heavy atom. The Morgan fingerprint density at radius 3 is 2.50 bits per heavy atom. The van der Waals surface area contributed by atoms with E-state index in [4.69, 9.17) is 21.1 Å². The first-order chi connectivity index (χ1) is 11.6. The van der Waals surface area contributed by atoms with E-state index < -0.39 is 0 Å². The molecular weight excluding hydrogens is 344 g/mol. The van der Waals surface area contributed by atoms with Gasteiger partial charge in [-0.25, -0.2) is 4.98 Å². The van der Waals surface area contributed by atoms with Crippen molar-refractivity contribution in [2.24, 2.45) is 0 Å². The molecule has 3 aromatic rings. The van der Waals surface area contributed by atoms with Gasteiger partial charge in [-0.3, -0.25) is 0 Å². The third-order valence-corrected chi connectivity index (χ3v) is 4.59. The molecule has 1 heterocycles. The molecule has 0 aliphatic carbocycles. The molecular formula is C18H17ClN2O2S. The van der Waals surface area contributed by atoms with E-state index in [0.717, 1.165) is 16.4 Å². The summed E-state index contributed by atoms with van der Waals surface area (Å²) in [4.78, 5) is 4.63. The molecule has 0 aliphatic rings. The normalized spacial score (nSPS) is 10.5. The summed E-state index contributed by atoms with van der Waals surface area (Å²) in [5, 5.41) is 6.51. The number of thiazole rings is 1. The largest absolute Gasteiger partial charge is 0.497 e. The van der Waals surface area contributed by atoms with Gasteiger partial charge < -0.3 is 14.8 Å². The molecule has 0 saturated carbocycles. The summed E-state index contributed by atoms with van der Waals surface area (Å²) >= 11 is 7.75. The number of nitrogens with zero attached hydrogens (tertiary/aromatic N) is 1. The Kier molecular flexibility index (Phi) is 4.92. The lowest BCUT2D eigenvalue weighted by Crippen LogP contribution is -1.96. The molecule has 1 N–H and O–H groups in total. The monoisotopic (exact) mass is 360 g/mol. The highest BCUT2D eigenvalue weighted by molar-refractivity contribution is 7.14. The minimum Gasteiger partial charge on any atom is -0.497 e. The molecule has 6 heteroatoms. The van der Waals surface area contributed by atoms with E-state index in [-0.39, 0.29) is 0 Å². The minimum absolute atomic E-state index is 0.481. The van der Waals surface area contributed by atoms with Gasteiger partial charge in [-0.05, 0) is 6.92 Å². The number of ether oxygens (including phenoxy) is 2. The quantitative estimate of drug-likeness (QED) is 0.649. The van der Waals surface area contributed by atoms with Crippen molar-refractivity contribution >= 4 is 33.8 Å². The summed E-state index contributed by atoms with van der Waals surface area (Å²) in [5.74, 6) is 1.21. The number of rotatable bonds is 5. The summed E-state index contributed by atoms with van der Waals surface area (Å²) in [6.45, 7) is 2.07. The second-order valence-electron chi connectivity index (χ2n) is 5.22. The number of halogens is 1. The van der Waals surface area contributed by atoms with Crippen molar-refractivity contribution < 1.29 is 9.47 Å². The van der Waals surface area contributed by atoms with E-state index in [9.17, 15) is 0 Å². The van der Waals surface area contributed by atoms with Crippen molar-refractivity contribution in [1.82, 2.24) is 4.98 Å². The molecule has 1 aromatic heterocycles. The van der Waals surface area contributed by atoms with Crippen LogP contribution in [0.1, 0.15) is 5.56 Å². The molecule has 0 radical (unpaired) electrons. The lowest BCUT2D eigenvalue weighted by molar-refractivity contribution is 0.405. The van der Waals surface area contributed by atoms with Gasteiger partial charge in [0.25, 0.3) is 0 Å². The second-order valence-corrected chi connectivity index (χ2v) is 6.48. The average Bonchev–Trinajstić information content (AvgIpc) is 3.03. The van der Waals surface area contributed by atoms with Crippen LogP contribution in [0.5, 0.6) is 11.5 Å². The maximum absolute atomic E-state index is 6.23. The Balaban J connectivity index is 1.89. The van der Waals surface area contributed by atoms with Gasteiger partial charge in [-0.15, -0.1) is 11.3 Å². The predicted octanol–water partition coefficient (Wildman–Crippen LogP) is 5.53. The van der Waals surface area contributed by atoms with Gasteiger partial charge in [0.15, 0.2) is 10.9 Å². The van der Waals surface area contributed by atoms with E-state index >= 15 is 0 Å². The van der Waals surface area contributed by atoms with Crippen molar-refractivity contribution in [3.63, 3.8) is 0 Å². The summed E-state index contributed by atoms with van der Waals surface area (Å²) in [5.41, 5.74) is 3.95. The Labute approximate surface area is 150 Å². The summed E-state index contributed by atoms with van der Waals surface area (Å²) in [6.07, 6.45) is 0. The number of aryl methyl sites for hydroxylation is 1. The van der Waals surface area contributed by atoms with Crippen molar-refractivity contribution in [2.45, 2.75) is 6.92 Å². The molecule has 0 fully saturated rings. The topological polar surface area (TPSA) is 43.4 Å². The van der Waals surface area contributed by atoms with Crippen LogP contribution in [0.3, 0.4) is 0 Å². The van der Waals surface area contributed by atoms with Gasteiger partial charge in [0.2, 0.25) is 0 Å². The fourth-order valence-electron chi connectivity index (χ4n) is 2.29. The molecule has 0 spiro atoms. The zero-order chi connectivity index (χ0) is 17.1. The zero-order valence-corrected chi connectivity index (χ0v) is 15.2. The molecule has 4 nitrogen and oxygen atoms in total. The third kappa shape index (κ3) is 3.47. The third-order valence-electron chi connectivity index (χ3n) is 3.55. The Bertz CT molecular complexity index is 847. The van der Waals surface area contributed by atoms with Crippen LogP contribution in [-0.4, -0.2) is 19.2 Å². The van der Waals surface area contributed by atoms with Crippen LogP contribution >= 0.6 is 22.9 Å². The van der Waals surface area contributed by atoms with Crippen LogP contribution in [0.2, 0.25) is 5.02 Å². The minimum atomic E-state index is 0.481. The van der Waals surface area contributed by atoms with Gasteiger partial charge in [-0.1, -0.05) is 41.4 Å². The van der Waals surface area contributed by atoms with Crippen molar-refractivity contribution in [3.8, 4) is 22.8 Å². The highest BCUT2D eigenvalue weighted by Gasteiger charge is 2.13. The number of benzene rings is 2. The van der Waals surface area contributed by atoms with Crippen LogP contribution < -0.4 is 14.8 Å². The van der Waals surface area contributed by atoms with Crippen molar-refractivity contribution in [1.29, 1.82) is 0 Å². The highest BCUT2D eigenvalue weighted by atomic mass is 35.5. The van der Waals surface area contributed by atoms with Crippen LogP contribution in [0.4, 0.5) is 10.8 Å². The molecule has 0 bridgehead atoms. The van der Waals surface area contributed by atoms with E-state index in [2.05, 4.69) is 41.5 Å². The molecule has 3 rings (SSSR count). The predicted molar refractivity (Wildman–Crippen MR) is 100 cm³/mol. The second kappa shape index (κ2) is 7.11. The molecule has 0 unspecified atom stereocenters. The Morgan fingerprint density at radius 1 is 1.08 bits per heavy atom. The van der Waals surface area contributed by atoms with Crippen LogP contribution in [0.15, 0.2) is 41.8 Å². The molecule has 0 atom stereocenters. The van der Waals surface area contributed by atoms with Crippen LogP contribution in [-0.2, 0) is 0 Å². The summed E-state index contributed by atoms with van der Waals surface area (Å²) in [7, 11) is 3.18. The number of hydrogen-bond donors (Lipinski definition) is 1. The first-order valence-electron chi connectivity index (χ1n) is 7.32. The molecule has 2 aromatic carbocycles. The van der Waals surface area contributed by atoms with E-state index in [0.29, 0.717) is 22.2 Å². The summed E-state index contributed by atoms with van der Waals surface area (Å²) < 4.78 is 10.6. The molecule has 24 heavy (non-hydrogen) atoms. The standard InChI is InChI=1S/C18H17ClN2O2S/c1-11-4-6-12(7-5-11)16-10-24-18(21-16)20-15-9-13(22-2)8-14(19)17(15)23-3/h4-10H,1-3H3,(H,20,21). The van der Waals surface area contributed by atoms with Gasteiger partial charge in [0.05, 0.1) is 30.6 Å². The Hall–Kier alpha value is -2.24. The fourth-order valence-corrected chi connectivity index (χ4v) is 3.31. The molecule has 124 valence electrons. The molecule has 0 saturated heterocycles. The SMILES string of the molecule is COc1cc(Cl)c(OC)c(Nc2nc(-c3ccc(C)cc3)cs2)c1. The maximum atomic E-state index is 6.23. The van der Waals surface area contributed by atoms with Crippen molar-refractivity contribution in [2.75, 3.05) is 19.5 Å². The smallest absolute Gasteiger partial charge is 0.187 e. The maximum Gasteiger partial charge on any atom is 0.187 e. The number of hydrogen-bond acceptors (Lipinski definition) is 5. The number of methoxy groups -OCH3 is 2. The first kappa shape index (κ1) is 16.6. The number of anilines is 2. The number of aromatic nitrogens is 1. The fraction of sp³-hybridized carbons (Fsp3) is 0.167. The highest BCUT2D eigenvalue weighted by Crippen LogP contribution is 2.39. The van der Waals surface area contributed by atoms with Crippen LogP contribution in [0, 0.1) is 6.92 Å². The van der Waals surface area contributed by atoms with Crippen LogP contribution in [0.25, 0.3) is 11.3 Å². The van der Waals surface area contributed by atoms with Gasteiger partial charge in [-0.2, -0.15) is 0 Å². The van der Waals surface area contributed by atoms with Crippen molar-refractivity contribution in [3.05, 3.63) is 52.4 Å². The number of nitrogens with one attached hydrogen (secondary N) is 1. The molecule has 0 aliphatic heterocycles. The average molecular weight is 361 g/mol. The van der Waals surface area contributed by atoms with E-state index in [1.165, 1.54) is 16.9 Å². The van der Waals surface area contributed by atoms with E-state index in [1.807, 2.05) is 11.4 Å². The summed E-state index contributed by atoms with van der Waals surface area (Å²) in [6, 6.07) is 11.8.